The molecule has 0 aromatic rings. The summed E-state index contributed by atoms with van der Waals surface area (Å²) in [5.41, 5.74) is 0. The molecule has 2 unspecified atom stereocenters. The van der Waals surface area contributed by atoms with E-state index in [-0.39, 0.29) is 17.1 Å². The van der Waals surface area contributed by atoms with Crippen LogP contribution in [-0.4, -0.2) is 19.6 Å². The minimum Gasteiger partial charge on any atom is -0.229 e. The average Bonchev–Trinajstić information content (AvgIpc) is 2.25. The number of quaternary nitrogens is 1. The van der Waals surface area contributed by atoms with Crippen molar-refractivity contribution in [3.8, 4) is 0 Å². The number of amides is 1. The number of nitrogens with two attached hydrogens (primary N) is 1. The molecule has 4 nitrogen and oxygen atoms in total. The van der Waals surface area contributed by atoms with Crippen molar-refractivity contribution in [2.75, 3.05) is 0 Å². The van der Waals surface area contributed by atoms with Gasteiger partial charge in [-0.1, -0.05) is 12.8 Å². The van der Waals surface area contributed by atoms with Crippen LogP contribution in [0.1, 0.15) is 25.7 Å². The standard InChI is InChI=1S/C7H11NO3S/c9-7-5-3-1-2-4-6(5)12(10,11)8-7/h5-6H,1-4H2,(H,8,9)/p+1. The van der Waals surface area contributed by atoms with Crippen molar-refractivity contribution in [2.24, 2.45) is 5.92 Å². The van der Waals surface area contributed by atoms with Gasteiger partial charge in [0, 0.05) is 0 Å². The molecule has 1 heterocycles. The summed E-state index contributed by atoms with van der Waals surface area (Å²) in [7, 11) is -3.17. The van der Waals surface area contributed by atoms with Crippen molar-refractivity contribution in [1.29, 1.82) is 0 Å². The Morgan fingerprint density at radius 3 is 2.58 bits per heavy atom. The summed E-state index contributed by atoms with van der Waals surface area (Å²) in [5.74, 6) is -0.372. The van der Waals surface area contributed by atoms with Gasteiger partial charge in [0.1, 0.15) is 5.25 Å². The molecule has 2 rings (SSSR count). The molecule has 0 aromatic carbocycles. The third-order valence-corrected chi connectivity index (χ3v) is 4.74. The molecule has 0 aromatic heterocycles. The van der Waals surface area contributed by atoms with E-state index in [1.165, 1.54) is 0 Å². The van der Waals surface area contributed by atoms with Crippen LogP contribution in [0.2, 0.25) is 0 Å². The van der Waals surface area contributed by atoms with Crippen molar-refractivity contribution >= 4 is 15.9 Å². The van der Waals surface area contributed by atoms with Gasteiger partial charge >= 0.3 is 15.9 Å². The molecule has 5 heteroatoms. The molecule has 2 N–H and O–H groups in total. The number of rotatable bonds is 0. The highest BCUT2D eigenvalue weighted by molar-refractivity contribution is 7.86. The summed E-state index contributed by atoms with van der Waals surface area (Å²) < 4.78 is 23.6. The summed E-state index contributed by atoms with van der Waals surface area (Å²) in [6.45, 7) is 0. The number of sulfonamides is 1. The molecule has 68 valence electrons. The van der Waals surface area contributed by atoms with Crippen molar-refractivity contribution in [2.45, 2.75) is 30.9 Å². The highest BCUT2D eigenvalue weighted by Gasteiger charge is 2.51. The van der Waals surface area contributed by atoms with Crippen LogP contribution in [0.5, 0.6) is 0 Å². The van der Waals surface area contributed by atoms with Gasteiger partial charge in [0.25, 0.3) is 0 Å². The highest BCUT2D eigenvalue weighted by atomic mass is 32.2. The second-order valence-electron chi connectivity index (χ2n) is 3.54. The van der Waals surface area contributed by atoms with Crippen LogP contribution in [0.25, 0.3) is 0 Å². The lowest BCUT2D eigenvalue weighted by atomic mass is 9.88. The van der Waals surface area contributed by atoms with E-state index in [1.807, 2.05) is 0 Å². The summed E-state index contributed by atoms with van der Waals surface area (Å²) in [6.07, 6.45) is 3.38. The molecule has 0 bridgehead atoms. The Morgan fingerprint density at radius 2 is 1.92 bits per heavy atom. The lowest BCUT2D eigenvalue weighted by molar-refractivity contribution is -0.408. The Bertz CT molecular complexity index is 309. The molecule has 2 fully saturated rings. The van der Waals surface area contributed by atoms with E-state index >= 15 is 0 Å². The third-order valence-electron chi connectivity index (χ3n) is 2.77. The molecule has 0 spiro atoms. The van der Waals surface area contributed by atoms with Gasteiger partial charge in [-0.25, -0.2) is 4.79 Å². The van der Waals surface area contributed by atoms with Gasteiger partial charge in [-0.15, -0.1) is 0 Å². The second kappa shape index (κ2) is 2.53. The maximum atomic E-state index is 11.3. The average molecular weight is 190 g/mol. The van der Waals surface area contributed by atoms with Gasteiger partial charge in [-0.05, 0) is 12.8 Å². The normalized spacial score (nSPS) is 39.5. The second-order valence-corrected chi connectivity index (χ2v) is 5.56. The number of carbonyl (C=O) groups is 1. The zero-order valence-electron chi connectivity index (χ0n) is 6.69. The Balaban J connectivity index is 2.34. The molecule has 1 saturated heterocycles. The maximum Gasteiger partial charge on any atom is 0.330 e. The fourth-order valence-electron chi connectivity index (χ4n) is 2.15. The van der Waals surface area contributed by atoms with Crippen molar-refractivity contribution < 1.29 is 17.9 Å². The third kappa shape index (κ3) is 1.08. The van der Waals surface area contributed by atoms with Crippen LogP contribution in [0.15, 0.2) is 0 Å². The largest absolute Gasteiger partial charge is 0.330 e. The van der Waals surface area contributed by atoms with Gasteiger partial charge in [0.2, 0.25) is 0 Å². The molecule has 2 atom stereocenters. The first kappa shape index (κ1) is 8.19. The first-order valence-electron chi connectivity index (χ1n) is 4.24. The summed E-state index contributed by atoms with van der Waals surface area (Å²) in [6, 6.07) is 0. The van der Waals surface area contributed by atoms with Gasteiger partial charge in [-0.2, -0.15) is 13.1 Å². The molecule has 1 saturated carbocycles. The minimum absolute atomic E-state index is 0.167. The number of primary amides is 1. The quantitative estimate of drug-likeness (QED) is 0.531. The van der Waals surface area contributed by atoms with E-state index in [9.17, 15) is 13.2 Å². The fourth-order valence-corrected chi connectivity index (χ4v) is 4.05. The van der Waals surface area contributed by atoms with Crippen LogP contribution >= 0.6 is 0 Å². The van der Waals surface area contributed by atoms with Crippen LogP contribution in [0, 0.1) is 5.92 Å². The summed E-state index contributed by atoms with van der Waals surface area (Å²) in [4.78, 5) is 11.2. The Kier molecular flexibility index (Phi) is 1.73. The van der Waals surface area contributed by atoms with Crippen LogP contribution in [0.3, 0.4) is 0 Å². The number of hydrogen-bond donors (Lipinski definition) is 1. The highest BCUT2D eigenvalue weighted by Crippen LogP contribution is 2.30. The van der Waals surface area contributed by atoms with E-state index in [0.29, 0.717) is 6.42 Å². The number of carbonyl (C=O) groups excluding carboxylic acids is 1. The zero-order chi connectivity index (χ0) is 8.77. The molecule has 1 aliphatic carbocycles. The number of primary sulfonamides is 1. The Hall–Kier alpha value is -0.420. The molecule has 1 aliphatic heterocycles. The first-order valence-corrected chi connectivity index (χ1v) is 5.85. The SMILES string of the molecule is O=C1[NH2+]S(=O)(=O)C2CCCCC12. The molecule has 1 amide bonds. The zero-order valence-corrected chi connectivity index (χ0v) is 7.51. The van der Waals surface area contributed by atoms with E-state index < -0.39 is 10.0 Å². The van der Waals surface area contributed by atoms with Gasteiger partial charge in [-0.3, -0.25) is 0 Å². The molecule has 12 heavy (non-hydrogen) atoms. The monoisotopic (exact) mass is 190 g/mol. The fraction of sp³-hybridized carbons (Fsp3) is 0.857. The van der Waals surface area contributed by atoms with Gasteiger partial charge in [0.05, 0.1) is 5.92 Å². The summed E-state index contributed by atoms with van der Waals surface area (Å²) >= 11 is 0. The number of hydrogen-bond acceptors (Lipinski definition) is 3. The lowest BCUT2D eigenvalue weighted by Gasteiger charge is -2.17. The van der Waals surface area contributed by atoms with Crippen molar-refractivity contribution in [3.63, 3.8) is 0 Å². The topological polar surface area (TPSA) is 67.8 Å². The van der Waals surface area contributed by atoms with Crippen LogP contribution < -0.4 is 4.72 Å². The molecule has 0 radical (unpaired) electrons. The first-order chi connectivity index (χ1) is 5.61. The van der Waals surface area contributed by atoms with Crippen LogP contribution in [0.4, 0.5) is 0 Å². The van der Waals surface area contributed by atoms with Gasteiger partial charge < -0.3 is 0 Å². The molecule has 2 aliphatic rings. The molecular formula is C7H12NO3S+. The maximum absolute atomic E-state index is 11.3. The van der Waals surface area contributed by atoms with E-state index in [1.54, 1.807) is 0 Å². The minimum atomic E-state index is -3.17. The predicted molar refractivity (Wildman–Crippen MR) is 41.6 cm³/mol. The lowest BCUT2D eigenvalue weighted by Crippen LogP contribution is -2.88. The van der Waals surface area contributed by atoms with Gasteiger partial charge in [0.15, 0.2) is 0 Å². The predicted octanol–water partition coefficient (Wildman–Crippen LogP) is -1.02. The van der Waals surface area contributed by atoms with Crippen molar-refractivity contribution in [3.05, 3.63) is 0 Å². The number of fused-ring (bicyclic) bond motifs is 1. The Morgan fingerprint density at radius 1 is 1.25 bits per heavy atom. The van der Waals surface area contributed by atoms with E-state index in [2.05, 4.69) is 0 Å². The van der Waals surface area contributed by atoms with Crippen LogP contribution in [-0.2, 0) is 14.8 Å². The van der Waals surface area contributed by atoms with Crippen molar-refractivity contribution in [1.82, 2.24) is 0 Å². The smallest absolute Gasteiger partial charge is 0.229 e. The Labute approximate surface area is 71.4 Å². The summed E-state index contributed by atoms with van der Waals surface area (Å²) in [5, 5.41) is -0.376. The molecular weight excluding hydrogens is 178 g/mol. The van der Waals surface area contributed by atoms with E-state index in [0.717, 1.165) is 24.0 Å². The van der Waals surface area contributed by atoms with E-state index in [4.69, 9.17) is 0 Å².